The number of pyridine rings is 1. The molecule has 5 nitrogen and oxygen atoms in total. The summed E-state index contributed by atoms with van der Waals surface area (Å²) in [5, 5.41) is 10.1. The number of hydrogen-bond acceptors (Lipinski definition) is 3. The average Bonchev–Trinajstić information content (AvgIpc) is 2.15. The van der Waals surface area contributed by atoms with Crippen molar-refractivity contribution in [2.24, 2.45) is 0 Å². The molecule has 0 fully saturated rings. The number of carboxylic acids is 1. The molecule has 2 N–H and O–H groups in total. The molecule has 0 bridgehead atoms. The highest BCUT2D eigenvalue weighted by Gasteiger charge is 2.39. The Morgan fingerprint density at radius 1 is 1.35 bits per heavy atom. The van der Waals surface area contributed by atoms with Crippen LogP contribution in [0.3, 0.4) is 0 Å². The summed E-state index contributed by atoms with van der Waals surface area (Å²) in [5.74, 6) is -4.46. The van der Waals surface area contributed by atoms with E-state index in [0.717, 1.165) is 6.07 Å². The molecule has 0 aliphatic rings. The van der Waals surface area contributed by atoms with E-state index in [1.807, 2.05) is 0 Å². The third-order valence-corrected chi connectivity index (χ3v) is 2.02. The van der Waals surface area contributed by atoms with Gasteiger partial charge in [-0.05, 0) is 28.1 Å². The Bertz CT molecular complexity index is 476. The van der Waals surface area contributed by atoms with Crippen molar-refractivity contribution >= 4 is 33.6 Å². The van der Waals surface area contributed by atoms with Crippen LogP contribution >= 0.6 is 15.9 Å². The van der Waals surface area contributed by atoms with Crippen LogP contribution in [0.2, 0.25) is 0 Å². The summed E-state index contributed by atoms with van der Waals surface area (Å²) < 4.78 is 36.0. The second-order valence-corrected chi connectivity index (χ2v) is 3.60. The highest BCUT2D eigenvalue weighted by Crippen LogP contribution is 2.21. The van der Waals surface area contributed by atoms with E-state index in [9.17, 15) is 22.8 Å². The maximum Gasteiger partial charge on any atom is 0.471 e. The maximum atomic E-state index is 12.0. The number of nitrogens with one attached hydrogen (secondary N) is 1. The van der Waals surface area contributed by atoms with Crippen LogP contribution in [0.25, 0.3) is 0 Å². The lowest BCUT2D eigenvalue weighted by Gasteiger charge is -2.09. The van der Waals surface area contributed by atoms with Gasteiger partial charge in [-0.15, -0.1) is 0 Å². The molecule has 0 saturated heterocycles. The van der Waals surface area contributed by atoms with E-state index in [-0.39, 0.29) is 4.60 Å². The molecule has 0 spiro atoms. The average molecular weight is 313 g/mol. The van der Waals surface area contributed by atoms with Gasteiger partial charge in [0.2, 0.25) is 0 Å². The van der Waals surface area contributed by atoms with Gasteiger partial charge in [-0.2, -0.15) is 13.2 Å². The number of hydrogen-bond donors (Lipinski definition) is 2. The number of halogens is 4. The van der Waals surface area contributed by atoms with Gasteiger partial charge in [-0.3, -0.25) is 4.79 Å². The zero-order chi connectivity index (χ0) is 13.2. The van der Waals surface area contributed by atoms with Crippen LogP contribution in [0.4, 0.5) is 19.0 Å². The van der Waals surface area contributed by atoms with Crippen molar-refractivity contribution in [3.05, 3.63) is 22.3 Å². The fraction of sp³-hybridized carbons (Fsp3) is 0.125. The number of alkyl halides is 3. The Kier molecular flexibility index (Phi) is 3.71. The first-order valence-electron chi connectivity index (χ1n) is 4.00. The number of aromatic carboxylic acids is 1. The molecule has 0 saturated carbocycles. The number of carboxylic acid groups (broad SMARTS) is 1. The highest BCUT2D eigenvalue weighted by atomic mass is 79.9. The predicted molar refractivity (Wildman–Crippen MR) is 53.6 cm³/mol. The topological polar surface area (TPSA) is 79.3 Å². The van der Waals surface area contributed by atoms with Gasteiger partial charge in [0, 0.05) is 0 Å². The molecule has 17 heavy (non-hydrogen) atoms. The Labute approximate surface area is 101 Å². The SMILES string of the molecule is O=C(O)c1ccc(Br)nc1NC(=O)C(F)(F)F. The van der Waals surface area contributed by atoms with E-state index >= 15 is 0 Å². The Hall–Kier alpha value is -1.64. The number of aromatic nitrogens is 1. The van der Waals surface area contributed by atoms with E-state index in [1.165, 1.54) is 11.4 Å². The van der Waals surface area contributed by atoms with Crippen molar-refractivity contribution in [3.63, 3.8) is 0 Å². The summed E-state index contributed by atoms with van der Waals surface area (Å²) in [7, 11) is 0. The number of nitrogens with zero attached hydrogens (tertiary/aromatic N) is 1. The molecular weight excluding hydrogens is 309 g/mol. The van der Waals surface area contributed by atoms with Gasteiger partial charge in [0.05, 0.1) is 0 Å². The maximum absolute atomic E-state index is 12.0. The van der Waals surface area contributed by atoms with Crippen molar-refractivity contribution in [3.8, 4) is 0 Å². The summed E-state index contributed by atoms with van der Waals surface area (Å²) in [6.45, 7) is 0. The normalized spacial score (nSPS) is 11.1. The Morgan fingerprint density at radius 3 is 2.41 bits per heavy atom. The van der Waals surface area contributed by atoms with Crippen molar-refractivity contribution in [1.82, 2.24) is 4.98 Å². The van der Waals surface area contributed by atoms with E-state index in [1.54, 1.807) is 0 Å². The van der Waals surface area contributed by atoms with Crippen molar-refractivity contribution in [2.75, 3.05) is 5.32 Å². The molecule has 1 heterocycles. The number of carbonyl (C=O) groups excluding carboxylic acids is 1. The minimum atomic E-state index is -5.11. The van der Waals surface area contributed by atoms with Gasteiger partial charge in [-0.1, -0.05) is 0 Å². The van der Waals surface area contributed by atoms with E-state index in [4.69, 9.17) is 5.11 Å². The van der Waals surface area contributed by atoms with Crippen LogP contribution in [0.5, 0.6) is 0 Å². The number of carbonyl (C=O) groups is 2. The smallest absolute Gasteiger partial charge is 0.471 e. The highest BCUT2D eigenvalue weighted by molar-refractivity contribution is 9.10. The lowest BCUT2D eigenvalue weighted by atomic mass is 10.2. The number of anilines is 1. The molecule has 0 aliphatic carbocycles. The first-order valence-corrected chi connectivity index (χ1v) is 4.79. The molecule has 1 amide bonds. The largest absolute Gasteiger partial charge is 0.478 e. The monoisotopic (exact) mass is 312 g/mol. The summed E-state index contributed by atoms with van der Waals surface area (Å²) in [4.78, 5) is 24.8. The molecule has 92 valence electrons. The molecular formula is C8H4BrF3N2O3. The van der Waals surface area contributed by atoms with Gasteiger partial charge in [0.1, 0.15) is 16.0 Å². The van der Waals surface area contributed by atoms with Gasteiger partial charge in [-0.25, -0.2) is 9.78 Å². The van der Waals surface area contributed by atoms with Crippen LogP contribution in [0.1, 0.15) is 10.4 Å². The predicted octanol–water partition coefficient (Wildman–Crippen LogP) is 2.04. The minimum Gasteiger partial charge on any atom is -0.478 e. The molecule has 1 aromatic heterocycles. The van der Waals surface area contributed by atoms with Crippen LogP contribution in [0.15, 0.2) is 16.7 Å². The quantitative estimate of drug-likeness (QED) is 0.819. The van der Waals surface area contributed by atoms with Gasteiger partial charge in [0.25, 0.3) is 0 Å². The van der Waals surface area contributed by atoms with Crippen molar-refractivity contribution < 1.29 is 27.9 Å². The molecule has 9 heteroatoms. The summed E-state index contributed by atoms with van der Waals surface area (Å²) in [6.07, 6.45) is -5.11. The molecule has 0 aromatic carbocycles. The molecule has 1 rings (SSSR count). The van der Waals surface area contributed by atoms with E-state index < -0.39 is 29.4 Å². The molecule has 0 aliphatic heterocycles. The fourth-order valence-electron chi connectivity index (χ4n) is 0.882. The van der Waals surface area contributed by atoms with Gasteiger partial charge >= 0.3 is 18.1 Å². The summed E-state index contributed by atoms with van der Waals surface area (Å²) in [6, 6.07) is 2.25. The third kappa shape index (κ3) is 3.41. The zero-order valence-corrected chi connectivity index (χ0v) is 9.46. The molecule has 0 unspecified atom stereocenters. The lowest BCUT2D eigenvalue weighted by molar-refractivity contribution is -0.167. The Morgan fingerprint density at radius 2 is 1.94 bits per heavy atom. The number of amides is 1. The summed E-state index contributed by atoms with van der Waals surface area (Å²) >= 11 is 2.85. The second kappa shape index (κ2) is 4.70. The molecule has 0 atom stereocenters. The standard InChI is InChI=1S/C8H4BrF3N2O3/c9-4-2-1-3(6(15)16)5(13-4)14-7(17)8(10,11)12/h1-2H,(H,15,16)(H,13,14,17). The van der Waals surface area contributed by atoms with E-state index in [2.05, 4.69) is 20.9 Å². The fourth-order valence-corrected chi connectivity index (χ4v) is 1.19. The minimum absolute atomic E-state index is 0.0972. The second-order valence-electron chi connectivity index (χ2n) is 2.79. The molecule has 1 aromatic rings. The van der Waals surface area contributed by atoms with Gasteiger partial charge < -0.3 is 10.4 Å². The van der Waals surface area contributed by atoms with Crippen LogP contribution < -0.4 is 5.32 Å². The first-order chi connectivity index (χ1) is 7.71. The Balaban J connectivity index is 3.09. The number of rotatable bonds is 2. The van der Waals surface area contributed by atoms with Crippen molar-refractivity contribution in [1.29, 1.82) is 0 Å². The zero-order valence-electron chi connectivity index (χ0n) is 7.88. The van der Waals surface area contributed by atoms with Crippen LogP contribution in [-0.4, -0.2) is 28.1 Å². The lowest BCUT2D eigenvalue weighted by Crippen LogP contribution is -2.31. The first kappa shape index (κ1) is 13.4. The van der Waals surface area contributed by atoms with Crippen LogP contribution in [0, 0.1) is 0 Å². The summed E-state index contributed by atoms with van der Waals surface area (Å²) in [5.41, 5.74) is -0.536. The van der Waals surface area contributed by atoms with E-state index in [0.29, 0.717) is 0 Å². The van der Waals surface area contributed by atoms with Gasteiger partial charge in [0.15, 0.2) is 0 Å². The third-order valence-electron chi connectivity index (χ3n) is 1.58. The van der Waals surface area contributed by atoms with Crippen LogP contribution in [-0.2, 0) is 4.79 Å². The van der Waals surface area contributed by atoms with Crippen molar-refractivity contribution in [2.45, 2.75) is 6.18 Å². The molecule has 0 radical (unpaired) electrons.